The van der Waals surface area contributed by atoms with Crippen molar-refractivity contribution < 1.29 is 18.9 Å². The highest BCUT2D eigenvalue weighted by Gasteiger charge is 2.18. The van der Waals surface area contributed by atoms with Gasteiger partial charge in [-0.2, -0.15) is 0 Å². The van der Waals surface area contributed by atoms with Gasteiger partial charge < -0.3 is 9.15 Å². The van der Waals surface area contributed by atoms with Crippen molar-refractivity contribution in [1.82, 2.24) is 0 Å². The Hall–Kier alpha value is -3.15. The zero-order valence-corrected chi connectivity index (χ0v) is 11.4. The van der Waals surface area contributed by atoms with Gasteiger partial charge in [-0.3, -0.25) is 10.1 Å². The lowest BCUT2D eigenvalue weighted by Gasteiger charge is -2.06. The van der Waals surface area contributed by atoms with Crippen LogP contribution in [0.15, 0.2) is 59.0 Å². The lowest BCUT2D eigenvalue weighted by molar-refractivity contribution is -0.402. The summed E-state index contributed by atoms with van der Waals surface area (Å²) in [5.41, 5.74) is 0.854. The lowest BCUT2D eigenvalue weighted by atomic mass is 10.1. The van der Waals surface area contributed by atoms with Crippen LogP contribution in [0.2, 0.25) is 0 Å². The van der Waals surface area contributed by atoms with Crippen molar-refractivity contribution in [3.63, 3.8) is 0 Å². The monoisotopic (exact) mass is 297 g/mol. The number of hydrogen-bond acceptors (Lipinski definition) is 5. The van der Waals surface area contributed by atoms with Gasteiger partial charge in [0.1, 0.15) is 11.5 Å². The fraction of sp³-hybridized carbons (Fsp3) is 0.0625. The van der Waals surface area contributed by atoms with Gasteiger partial charge in [0.25, 0.3) is 0 Å². The maximum absolute atomic E-state index is 11.9. The Kier molecular flexibility index (Phi) is 3.57. The van der Waals surface area contributed by atoms with E-state index >= 15 is 0 Å². The number of ether oxygens (including phenoxy) is 1. The minimum absolute atomic E-state index is 0.0642. The molecule has 6 nitrogen and oxygen atoms in total. The Morgan fingerprint density at radius 3 is 2.64 bits per heavy atom. The van der Waals surface area contributed by atoms with Crippen LogP contribution in [0, 0.1) is 10.1 Å². The molecule has 1 aromatic heterocycles. The summed E-state index contributed by atoms with van der Waals surface area (Å²) in [6.45, 7) is 0.0642. The van der Waals surface area contributed by atoms with Gasteiger partial charge in [0.05, 0.1) is 6.07 Å². The van der Waals surface area contributed by atoms with E-state index in [1.54, 1.807) is 0 Å². The third-order valence-electron chi connectivity index (χ3n) is 3.21. The van der Waals surface area contributed by atoms with E-state index in [9.17, 15) is 14.9 Å². The average molecular weight is 297 g/mol. The van der Waals surface area contributed by atoms with Crippen molar-refractivity contribution in [2.75, 3.05) is 0 Å². The van der Waals surface area contributed by atoms with Crippen molar-refractivity contribution in [1.29, 1.82) is 0 Å². The molecule has 0 radical (unpaired) electrons. The van der Waals surface area contributed by atoms with E-state index in [1.807, 2.05) is 42.5 Å². The summed E-state index contributed by atoms with van der Waals surface area (Å²) < 4.78 is 9.97. The van der Waals surface area contributed by atoms with Crippen LogP contribution in [0.25, 0.3) is 10.8 Å². The van der Waals surface area contributed by atoms with Crippen LogP contribution < -0.4 is 0 Å². The van der Waals surface area contributed by atoms with Crippen molar-refractivity contribution in [2.24, 2.45) is 0 Å². The van der Waals surface area contributed by atoms with Gasteiger partial charge in [-0.05, 0) is 22.4 Å². The average Bonchev–Trinajstić information content (AvgIpc) is 3.03. The molecule has 0 aliphatic heterocycles. The minimum atomic E-state index is -0.735. The van der Waals surface area contributed by atoms with Crippen LogP contribution in [0.5, 0.6) is 0 Å². The number of benzene rings is 2. The molecule has 0 saturated carbocycles. The highest BCUT2D eigenvalue weighted by Crippen LogP contribution is 2.21. The normalized spacial score (nSPS) is 10.5. The number of fused-ring (bicyclic) bond motifs is 1. The van der Waals surface area contributed by atoms with Gasteiger partial charge in [0.15, 0.2) is 0 Å². The molecule has 0 amide bonds. The molecule has 0 bridgehead atoms. The van der Waals surface area contributed by atoms with E-state index in [4.69, 9.17) is 9.15 Å². The Balaban J connectivity index is 1.76. The summed E-state index contributed by atoms with van der Waals surface area (Å²) in [6, 6.07) is 15.8. The van der Waals surface area contributed by atoms with Crippen molar-refractivity contribution >= 4 is 22.6 Å². The molecule has 2 aromatic carbocycles. The fourth-order valence-electron chi connectivity index (χ4n) is 2.17. The lowest BCUT2D eigenvalue weighted by Crippen LogP contribution is -2.04. The SMILES string of the molecule is O=C(OCc1cccc2ccccc12)c1ccc([N+](=O)[O-])o1. The van der Waals surface area contributed by atoms with E-state index in [0.29, 0.717) is 0 Å². The van der Waals surface area contributed by atoms with Crippen LogP contribution in [0.4, 0.5) is 5.88 Å². The van der Waals surface area contributed by atoms with Gasteiger partial charge in [0, 0.05) is 0 Å². The molecule has 0 aliphatic carbocycles. The summed E-state index contributed by atoms with van der Waals surface area (Å²) in [5, 5.41) is 12.6. The summed E-state index contributed by atoms with van der Waals surface area (Å²) in [4.78, 5) is 21.7. The van der Waals surface area contributed by atoms with Crippen LogP contribution in [0.1, 0.15) is 16.1 Å². The quantitative estimate of drug-likeness (QED) is 0.416. The summed E-state index contributed by atoms with van der Waals surface area (Å²) in [6.07, 6.45) is 0. The number of carbonyl (C=O) groups excluding carboxylic acids is 1. The second-order valence-corrected chi connectivity index (χ2v) is 4.61. The topological polar surface area (TPSA) is 82.6 Å². The van der Waals surface area contributed by atoms with Crippen LogP contribution in [-0.2, 0) is 11.3 Å². The maximum atomic E-state index is 11.9. The molecule has 0 atom stereocenters. The molecule has 0 fully saturated rings. The van der Waals surface area contributed by atoms with Crippen molar-refractivity contribution in [3.05, 3.63) is 76.0 Å². The number of carbonyl (C=O) groups is 1. The molecular formula is C16H11NO5. The van der Waals surface area contributed by atoms with Gasteiger partial charge in [-0.15, -0.1) is 0 Å². The standard InChI is InChI=1S/C16H11NO5/c18-16(14-8-9-15(22-14)17(19)20)21-10-12-6-3-5-11-4-1-2-7-13(11)12/h1-9H,10H2. The summed E-state index contributed by atoms with van der Waals surface area (Å²) in [5.74, 6) is -1.41. The number of nitrogens with zero attached hydrogens (tertiary/aromatic N) is 1. The second kappa shape index (κ2) is 5.69. The van der Waals surface area contributed by atoms with Gasteiger partial charge in [0.2, 0.25) is 5.76 Å². The fourth-order valence-corrected chi connectivity index (χ4v) is 2.17. The van der Waals surface area contributed by atoms with E-state index in [2.05, 4.69) is 0 Å². The smallest absolute Gasteiger partial charge is 0.433 e. The molecule has 0 aliphatic rings. The molecule has 6 heteroatoms. The first-order chi connectivity index (χ1) is 10.6. The zero-order valence-electron chi connectivity index (χ0n) is 11.4. The first-order valence-corrected chi connectivity index (χ1v) is 6.53. The van der Waals surface area contributed by atoms with Crippen molar-refractivity contribution in [2.45, 2.75) is 6.61 Å². The van der Waals surface area contributed by atoms with E-state index in [0.717, 1.165) is 22.4 Å². The molecule has 0 spiro atoms. The predicted molar refractivity (Wildman–Crippen MR) is 78.4 cm³/mol. The van der Waals surface area contributed by atoms with Gasteiger partial charge in [-0.1, -0.05) is 42.5 Å². The van der Waals surface area contributed by atoms with Crippen LogP contribution in [0.3, 0.4) is 0 Å². The predicted octanol–water partition coefficient (Wildman–Crippen LogP) is 3.70. The third-order valence-corrected chi connectivity index (χ3v) is 3.21. The van der Waals surface area contributed by atoms with Crippen molar-refractivity contribution in [3.8, 4) is 0 Å². The number of esters is 1. The maximum Gasteiger partial charge on any atom is 0.433 e. The first kappa shape index (κ1) is 13.8. The van der Waals surface area contributed by atoms with E-state index < -0.39 is 16.8 Å². The van der Waals surface area contributed by atoms with E-state index in [1.165, 1.54) is 6.07 Å². The van der Waals surface area contributed by atoms with Gasteiger partial charge in [-0.25, -0.2) is 4.79 Å². The minimum Gasteiger partial charge on any atom is -0.455 e. The molecule has 0 saturated heterocycles. The number of nitro groups is 1. The Bertz CT molecular complexity index is 847. The molecule has 0 unspecified atom stereocenters. The molecule has 0 N–H and O–H groups in total. The van der Waals surface area contributed by atoms with Crippen LogP contribution >= 0.6 is 0 Å². The Labute approximate surface area is 125 Å². The molecular weight excluding hydrogens is 286 g/mol. The Morgan fingerprint density at radius 2 is 1.86 bits per heavy atom. The van der Waals surface area contributed by atoms with E-state index in [-0.39, 0.29) is 12.4 Å². The molecule has 3 aromatic rings. The number of hydrogen-bond donors (Lipinski definition) is 0. The zero-order chi connectivity index (χ0) is 15.5. The molecule has 1 heterocycles. The Morgan fingerprint density at radius 1 is 1.09 bits per heavy atom. The highest BCUT2D eigenvalue weighted by molar-refractivity contribution is 5.88. The first-order valence-electron chi connectivity index (χ1n) is 6.53. The summed E-state index contributed by atoms with van der Waals surface area (Å²) in [7, 11) is 0. The molecule has 22 heavy (non-hydrogen) atoms. The summed E-state index contributed by atoms with van der Waals surface area (Å²) >= 11 is 0. The largest absolute Gasteiger partial charge is 0.455 e. The second-order valence-electron chi connectivity index (χ2n) is 4.61. The van der Waals surface area contributed by atoms with Gasteiger partial charge >= 0.3 is 11.9 Å². The number of rotatable bonds is 4. The number of furan rings is 1. The van der Waals surface area contributed by atoms with Crippen LogP contribution in [-0.4, -0.2) is 10.9 Å². The third kappa shape index (κ3) is 2.67. The highest BCUT2D eigenvalue weighted by atomic mass is 16.7. The molecule has 110 valence electrons. The molecule has 3 rings (SSSR count).